The Balaban J connectivity index is 1.68. The molecule has 0 aliphatic carbocycles. The van der Waals surface area contributed by atoms with Crippen LogP contribution in [0.2, 0.25) is 0 Å². The van der Waals surface area contributed by atoms with E-state index in [1.54, 1.807) is 37.7 Å². The van der Waals surface area contributed by atoms with Gasteiger partial charge in [0.1, 0.15) is 5.75 Å². The molecule has 1 fully saturated rings. The normalized spacial score (nSPS) is 15.1. The summed E-state index contributed by atoms with van der Waals surface area (Å²) in [4.78, 5) is 23.4. The van der Waals surface area contributed by atoms with Crippen molar-refractivity contribution in [1.82, 2.24) is 9.97 Å². The summed E-state index contributed by atoms with van der Waals surface area (Å²) in [6.07, 6.45) is 5.61. The Morgan fingerprint density at radius 3 is 2.60 bits per heavy atom. The number of carbonyl (C=O) groups excluding carboxylic acids is 1. The van der Waals surface area contributed by atoms with E-state index in [-0.39, 0.29) is 5.91 Å². The molecule has 1 aliphatic heterocycles. The van der Waals surface area contributed by atoms with Crippen LogP contribution < -0.4 is 15.0 Å². The second-order valence-electron chi connectivity index (χ2n) is 6.24. The fourth-order valence-corrected chi connectivity index (χ4v) is 3.19. The number of hydrogen-bond donors (Lipinski definition) is 1. The standard InChI is InChI=1S/C18H21BrN4O2/c1-12-5-7-23(8-6-12)18-20-10-13(11-21-18)22-17(24)15-9-14(25-2)3-4-16(15)19/h3-4,9-12H,5-8H2,1-2H3,(H,22,24). The zero-order valence-corrected chi connectivity index (χ0v) is 15.9. The van der Waals surface area contributed by atoms with E-state index in [9.17, 15) is 4.79 Å². The van der Waals surface area contributed by atoms with E-state index in [0.29, 0.717) is 27.4 Å². The van der Waals surface area contributed by atoms with Crippen molar-refractivity contribution in [2.24, 2.45) is 5.92 Å². The summed E-state index contributed by atoms with van der Waals surface area (Å²) in [6.45, 7) is 4.22. The molecule has 1 amide bonds. The van der Waals surface area contributed by atoms with Crippen molar-refractivity contribution in [2.75, 3.05) is 30.4 Å². The predicted molar refractivity (Wildman–Crippen MR) is 101 cm³/mol. The molecule has 25 heavy (non-hydrogen) atoms. The molecular formula is C18H21BrN4O2. The van der Waals surface area contributed by atoms with Gasteiger partial charge in [-0.1, -0.05) is 6.92 Å². The van der Waals surface area contributed by atoms with E-state index >= 15 is 0 Å². The predicted octanol–water partition coefficient (Wildman–Crippen LogP) is 3.74. The molecule has 1 aromatic heterocycles. The fourth-order valence-electron chi connectivity index (χ4n) is 2.76. The van der Waals surface area contributed by atoms with Gasteiger partial charge in [0.15, 0.2) is 0 Å². The average Bonchev–Trinajstić information content (AvgIpc) is 2.63. The summed E-state index contributed by atoms with van der Waals surface area (Å²) in [5.41, 5.74) is 1.06. The molecule has 2 aromatic rings. The minimum atomic E-state index is -0.242. The van der Waals surface area contributed by atoms with Crippen LogP contribution >= 0.6 is 15.9 Å². The Morgan fingerprint density at radius 1 is 1.28 bits per heavy atom. The highest BCUT2D eigenvalue weighted by molar-refractivity contribution is 9.10. The molecule has 1 saturated heterocycles. The lowest BCUT2D eigenvalue weighted by molar-refractivity contribution is 0.102. The highest BCUT2D eigenvalue weighted by Crippen LogP contribution is 2.24. The van der Waals surface area contributed by atoms with Crippen molar-refractivity contribution in [2.45, 2.75) is 19.8 Å². The number of anilines is 2. The Morgan fingerprint density at radius 2 is 1.96 bits per heavy atom. The number of rotatable bonds is 4. The minimum Gasteiger partial charge on any atom is -0.497 e. The van der Waals surface area contributed by atoms with Gasteiger partial charge in [0.05, 0.1) is 30.8 Å². The van der Waals surface area contributed by atoms with E-state index in [1.807, 2.05) is 0 Å². The van der Waals surface area contributed by atoms with Gasteiger partial charge in [-0.25, -0.2) is 9.97 Å². The van der Waals surface area contributed by atoms with E-state index in [0.717, 1.165) is 31.8 Å². The quantitative estimate of drug-likeness (QED) is 0.840. The molecule has 0 radical (unpaired) electrons. The first-order chi connectivity index (χ1) is 12.1. The second-order valence-corrected chi connectivity index (χ2v) is 7.10. The average molecular weight is 405 g/mol. The van der Waals surface area contributed by atoms with Crippen LogP contribution in [0.15, 0.2) is 35.1 Å². The van der Waals surface area contributed by atoms with Crippen LogP contribution in [-0.4, -0.2) is 36.1 Å². The van der Waals surface area contributed by atoms with Gasteiger partial charge in [0.25, 0.3) is 5.91 Å². The maximum atomic E-state index is 12.5. The monoisotopic (exact) mass is 404 g/mol. The minimum absolute atomic E-state index is 0.242. The number of benzene rings is 1. The molecule has 2 heterocycles. The fraction of sp³-hybridized carbons (Fsp3) is 0.389. The third-order valence-electron chi connectivity index (χ3n) is 4.38. The number of halogens is 1. The smallest absolute Gasteiger partial charge is 0.257 e. The van der Waals surface area contributed by atoms with Gasteiger partial charge in [0, 0.05) is 17.6 Å². The summed E-state index contributed by atoms with van der Waals surface area (Å²) in [5, 5.41) is 2.82. The van der Waals surface area contributed by atoms with E-state index in [4.69, 9.17) is 4.74 Å². The molecule has 0 bridgehead atoms. The molecule has 0 atom stereocenters. The van der Waals surface area contributed by atoms with Crippen LogP contribution in [-0.2, 0) is 0 Å². The van der Waals surface area contributed by atoms with Crippen LogP contribution in [0.25, 0.3) is 0 Å². The lowest BCUT2D eigenvalue weighted by atomic mass is 10.00. The van der Waals surface area contributed by atoms with Gasteiger partial charge in [-0.2, -0.15) is 0 Å². The maximum absolute atomic E-state index is 12.5. The first-order valence-electron chi connectivity index (χ1n) is 8.28. The number of piperidine rings is 1. The van der Waals surface area contributed by atoms with Gasteiger partial charge in [-0.05, 0) is 52.9 Å². The summed E-state index contributed by atoms with van der Waals surface area (Å²) in [7, 11) is 1.57. The van der Waals surface area contributed by atoms with Gasteiger partial charge >= 0.3 is 0 Å². The topological polar surface area (TPSA) is 67.3 Å². The van der Waals surface area contributed by atoms with Gasteiger partial charge in [-0.15, -0.1) is 0 Å². The molecule has 0 spiro atoms. The molecule has 132 valence electrons. The highest BCUT2D eigenvalue weighted by atomic mass is 79.9. The molecule has 6 nitrogen and oxygen atoms in total. The van der Waals surface area contributed by atoms with Crippen LogP contribution in [0.5, 0.6) is 5.75 Å². The maximum Gasteiger partial charge on any atom is 0.257 e. The van der Waals surface area contributed by atoms with Crippen LogP contribution in [0.1, 0.15) is 30.1 Å². The van der Waals surface area contributed by atoms with Crippen molar-refractivity contribution in [3.63, 3.8) is 0 Å². The lowest BCUT2D eigenvalue weighted by Gasteiger charge is -2.30. The molecule has 0 unspecified atom stereocenters. The summed E-state index contributed by atoms with van der Waals surface area (Å²) < 4.78 is 5.87. The number of nitrogens with one attached hydrogen (secondary N) is 1. The van der Waals surface area contributed by atoms with Crippen LogP contribution in [0, 0.1) is 5.92 Å². The zero-order valence-electron chi connectivity index (χ0n) is 14.3. The van der Waals surface area contributed by atoms with Crippen molar-refractivity contribution in [3.8, 4) is 5.75 Å². The first-order valence-corrected chi connectivity index (χ1v) is 9.08. The molecule has 1 aromatic carbocycles. The zero-order chi connectivity index (χ0) is 17.8. The Hall–Kier alpha value is -2.15. The van der Waals surface area contributed by atoms with Crippen LogP contribution in [0.3, 0.4) is 0 Å². The van der Waals surface area contributed by atoms with Crippen molar-refractivity contribution >= 4 is 33.5 Å². The third kappa shape index (κ3) is 4.28. The summed E-state index contributed by atoms with van der Waals surface area (Å²) in [6, 6.07) is 5.26. The Bertz CT molecular complexity index is 743. The second kappa shape index (κ2) is 7.82. The summed E-state index contributed by atoms with van der Waals surface area (Å²) in [5.74, 6) is 1.86. The number of amides is 1. The number of carbonyl (C=O) groups is 1. The van der Waals surface area contributed by atoms with E-state index in [1.165, 1.54) is 0 Å². The van der Waals surface area contributed by atoms with Crippen molar-refractivity contribution in [3.05, 3.63) is 40.6 Å². The number of methoxy groups -OCH3 is 1. The van der Waals surface area contributed by atoms with Gasteiger partial charge in [0.2, 0.25) is 5.95 Å². The Kier molecular flexibility index (Phi) is 5.53. The third-order valence-corrected chi connectivity index (χ3v) is 5.07. The molecule has 0 saturated carbocycles. The molecule has 7 heteroatoms. The van der Waals surface area contributed by atoms with Crippen LogP contribution in [0.4, 0.5) is 11.6 Å². The number of nitrogens with zero attached hydrogens (tertiary/aromatic N) is 3. The number of hydrogen-bond acceptors (Lipinski definition) is 5. The lowest BCUT2D eigenvalue weighted by Crippen LogP contribution is -2.34. The number of ether oxygens (including phenoxy) is 1. The van der Waals surface area contributed by atoms with Gasteiger partial charge < -0.3 is 15.0 Å². The molecular weight excluding hydrogens is 384 g/mol. The van der Waals surface area contributed by atoms with E-state index < -0.39 is 0 Å². The van der Waals surface area contributed by atoms with Crippen molar-refractivity contribution in [1.29, 1.82) is 0 Å². The highest BCUT2D eigenvalue weighted by Gasteiger charge is 2.18. The van der Waals surface area contributed by atoms with Gasteiger partial charge in [-0.3, -0.25) is 4.79 Å². The Labute approximate surface area is 155 Å². The summed E-state index contributed by atoms with van der Waals surface area (Å²) >= 11 is 3.39. The van der Waals surface area contributed by atoms with Crippen molar-refractivity contribution < 1.29 is 9.53 Å². The number of aromatic nitrogens is 2. The van der Waals surface area contributed by atoms with E-state index in [2.05, 4.69) is 43.0 Å². The molecule has 1 N–H and O–H groups in total. The largest absolute Gasteiger partial charge is 0.497 e. The molecule has 3 rings (SSSR count). The SMILES string of the molecule is COc1ccc(Br)c(C(=O)Nc2cnc(N3CCC(C)CC3)nc2)c1. The first kappa shape index (κ1) is 17.7. The molecule has 1 aliphatic rings.